The molecule has 5 rings (SSSR count). The molecule has 8 nitrogen and oxygen atoms in total. The van der Waals surface area contributed by atoms with Crippen LogP contribution >= 0.6 is 35.1 Å². The lowest BCUT2D eigenvalue weighted by atomic mass is 10.1. The Morgan fingerprint density at radius 3 is 2.84 bits per heavy atom. The topological polar surface area (TPSA) is 95.9 Å². The number of fused-ring (bicyclic) bond motifs is 1. The molecular weight excluding hydrogens is 461 g/mol. The van der Waals surface area contributed by atoms with E-state index in [1.165, 1.54) is 22.7 Å². The largest absolute Gasteiger partial charge is 0.335 e. The number of amides is 1. The van der Waals surface area contributed by atoms with Crippen LogP contribution in [0.3, 0.4) is 0 Å². The molecule has 0 bridgehead atoms. The highest BCUT2D eigenvalue weighted by molar-refractivity contribution is 7.17. The summed E-state index contributed by atoms with van der Waals surface area (Å²) in [6.45, 7) is 2.92. The smallest absolute Gasteiger partial charge is 0.265 e. The van der Waals surface area contributed by atoms with Gasteiger partial charge in [-0.3, -0.25) is 4.79 Å². The summed E-state index contributed by atoms with van der Waals surface area (Å²) < 4.78 is 15.4. The molecule has 1 aromatic carbocycles. The van der Waals surface area contributed by atoms with Crippen molar-refractivity contribution >= 4 is 62.3 Å². The van der Waals surface area contributed by atoms with Crippen molar-refractivity contribution in [1.29, 1.82) is 0 Å². The first kappa shape index (κ1) is 21.5. The van der Waals surface area contributed by atoms with Crippen LogP contribution < -0.4 is 10.6 Å². The van der Waals surface area contributed by atoms with Crippen LogP contribution in [0.4, 0.5) is 15.5 Å². The summed E-state index contributed by atoms with van der Waals surface area (Å²) >= 11 is 2.71. The third-order valence-corrected chi connectivity index (χ3v) is 6.38. The maximum atomic E-state index is 14.4. The molecule has 1 amide bonds. The third-order valence-electron chi connectivity index (χ3n) is 4.69. The van der Waals surface area contributed by atoms with Crippen molar-refractivity contribution in [3.63, 3.8) is 0 Å². The van der Waals surface area contributed by atoms with Crippen molar-refractivity contribution in [2.24, 2.45) is 0 Å². The second kappa shape index (κ2) is 9.18. The summed E-state index contributed by atoms with van der Waals surface area (Å²) in [6, 6.07) is 5.48. The lowest BCUT2D eigenvalue weighted by Gasteiger charge is -2.26. The number of halogens is 2. The van der Waals surface area contributed by atoms with Crippen molar-refractivity contribution in [3.05, 3.63) is 46.8 Å². The second-order valence-corrected chi connectivity index (χ2v) is 8.54. The minimum atomic E-state index is -0.516. The molecule has 4 heterocycles. The minimum absolute atomic E-state index is 0. The second-order valence-electron chi connectivity index (χ2n) is 6.62. The number of carbonyl (C=O) groups is 1. The lowest BCUT2D eigenvalue weighted by Crippen LogP contribution is -2.46. The molecule has 12 heteroatoms. The lowest BCUT2D eigenvalue weighted by molar-refractivity contribution is 0.0740. The molecule has 0 saturated carbocycles. The van der Waals surface area contributed by atoms with E-state index in [9.17, 15) is 9.18 Å². The van der Waals surface area contributed by atoms with Gasteiger partial charge in [-0.05, 0) is 12.1 Å². The Morgan fingerprint density at radius 2 is 2.00 bits per heavy atom. The van der Waals surface area contributed by atoms with E-state index in [1.807, 2.05) is 12.1 Å². The predicted molar refractivity (Wildman–Crippen MR) is 122 cm³/mol. The van der Waals surface area contributed by atoms with Crippen molar-refractivity contribution in [2.45, 2.75) is 0 Å². The fraction of sp³-hybridized carbons (Fsp3) is 0.211. The maximum absolute atomic E-state index is 14.4. The molecular formula is C19H17ClFN7OS2. The van der Waals surface area contributed by atoms with Gasteiger partial charge in [0.1, 0.15) is 10.6 Å². The van der Waals surface area contributed by atoms with Gasteiger partial charge in [-0.1, -0.05) is 17.4 Å². The summed E-state index contributed by atoms with van der Waals surface area (Å²) in [5.41, 5.74) is 3.44. The SMILES string of the molecule is Cl.O=C(c1cnc(Nc2ncc(F)c(-c3ccc4ncsc4c3)n2)s1)N1CCNCC1. The van der Waals surface area contributed by atoms with Gasteiger partial charge in [0, 0.05) is 31.7 Å². The van der Waals surface area contributed by atoms with Crippen LogP contribution in [0, 0.1) is 5.82 Å². The Labute approximate surface area is 191 Å². The fourth-order valence-corrected chi connectivity index (χ4v) is 4.68. The molecule has 2 N–H and O–H groups in total. The van der Waals surface area contributed by atoms with Gasteiger partial charge in [-0.15, -0.1) is 23.7 Å². The first-order chi connectivity index (χ1) is 14.7. The van der Waals surface area contributed by atoms with Crippen LogP contribution in [0.1, 0.15) is 9.67 Å². The van der Waals surface area contributed by atoms with Gasteiger partial charge in [0.05, 0.1) is 28.1 Å². The number of hydrogen-bond acceptors (Lipinski definition) is 9. The van der Waals surface area contributed by atoms with Crippen LogP contribution in [0.5, 0.6) is 0 Å². The number of piperazine rings is 1. The zero-order chi connectivity index (χ0) is 20.5. The molecule has 1 aliphatic rings. The number of aromatic nitrogens is 4. The monoisotopic (exact) mass is 477 g/mol. The van der Waals surface area contributed by atoms with Gasteiger partial charge in [0.15, 0.2) is 10.9 Å². The number of anilines is 2. The van der Waals surface area contributed by atoms with Gasteiger partial charge in [0.25, 0.3) is 5.91 Å². The van der Waals surface area contributed by atoms with Crippen LogP contribution in [-0.4, -0.2) is 56.9 Å². The van der Waals surface area contributed by atoms with Gasteiger partial charge in [0.2, 0.25) is 5.95 Å². The minimum Gasteiger partial charge on any atom is -0.335 e. The number of nitrogens with one attached hydrogen (secondary N) is 2. The van der Waals surface area contributed by atoms with Crippen LogP contribution in [-0.2, 0) is 0 Å². The van der Waals surface area contributed by atoms with E-state index in [1.54, 1.807) is 22.7 Å². The number of rotatable bonds is 4. The highest BCUT2D eigenvalue weighted by Gasteiger charge is 2.20. The average molecular weight is 478 g/mol. The van der Waals surface area contributed by atoms with Crippen LogP contribution in [0.25, 0.3) is 21.5 Å². The fourth-order valence-electron chi connectivity index (χ4n) is 3.18. The molecule has 31 heavy (non-hydrogen) atoms. The molecule has 160 valence electrons. The molecule has 1 aliphatic heterocycles. The summed E-state index contributed by atoms with van der Waals surface area (Å²) in [4.78, 5) is 31.8. The number of hydrogen-bond donors (Lipinski definition) is 2. The number of thiazole rings is 2. The zero-order valence-electron chi connectivity index (χ0n) is 16.0. The Kier molecular flexibility index (Phi) is 6.37. The average Bonchev–Trinajstić information content (AvgIpc) is 3.44. The van der Waals surface area contributed by atoms with Crippen molar-refractivity contribution < 1.29 is 9.18 Å². The standard InChI is InChI=1S/C19H16FN7OS2.ClH/c20-12-8-22-18(25-16(12)11-1-2-13-14(7-11)29-10-24-13)26-19-23-9-15(30-19)17(28)27-5-3-21-4-6-27;/h1-2,7-10,21H,3-6H2,(H,22,23,25,26);1H. The molecule has 3 aromatic heterocycles. The van der Waals surface area contributed by atoms with Gasteiger partial charge in [-0.2, -0.15) is 0 Å². The first-order valence-corrected chi connectivity index (χ1v) is 11.0. The van der Waals surface area contributed by atoms with E-state index >= 15 is 0 Å². The third kappa shape index (κ3) is 4.49. The highest BCUT2D eigenvalue weighted by atomic mass is 35.5. The highest BCUT2D eigenvalue weighted by Crippen LogP contribution is 2.28. The Balaban J connectivity index is 0.00000231. The van der Waals surface area contributed by atoms with E-state index in [4.69, 9.17) is 0 Å². The number of benzene rings is 1. The number of carbonyl (C=O) groups excluding carboxylic acids is 1. The molecule has 1 fully saturated rings. The molecule has 1 saturated heterocycles. The summed E-state index contributed by atoms with van der Waals surface area (Å²) in [7, 11) is 0. The molecule has 4 aromatic rings. The normalized spacial score (nSPS) is 13.8. The molecule has 0 atom stereocenters. The zero-order valence-corrected chi connectivity index (χ0v) is 18.5. The summed E-state index contributed by atoms with van der Waals surface area (Å²) in [5, 5.41) is 6.68. The summed E-state index contributed by atoms with van der Waals surface area (Å²) in [5.74, 6) is -0.343. The van der Waals surface area contributed by atoms with E-state index in [2.05, 4.69) is 30.6 Å². The Hall–Kier alpha value is -2.73. The van der Waals surface area contributed by atoms with E-state index in [-0.39, 0.29) is 30.0 Å². The van der Waals surface area contributed by atoms with Crippen LogP contribution in [0.2, 0.25) is 0 Å². The molecule has 0 spiro atoms. The van der Waals surface area contributed by atoms with Gasteiger partial charge >= 0.3 is 0 Å². The van der Waals surface area contributed by atoms with Gasteiger partial charge < -0.3 is 15.5 Å². The maximum Gasteiger partial charge on any atom is 0.265 e. The van der Waals surface area contributed by atoms with E-state index in [0.29, 0.717) is 28.7 Å². The van der Waals surface area contributed by atoms with Crippen molar-refractivity contribution in [3.8, 4) is 11.3 Å². The summed E-state index contributed by atoms with van der Waals surface area (Å²) in [6.07, 6.45) is 2.67. The first-order valence-electron chi connectivity index (χ1n) is 9.26. The van der Waals surface area contributed by atoms with Crippen molar-refractivity contribution in [2.75, 3.05) is 31.5 Å². The molecule has 0 unspecified atom stereocenters. The molecule has 0 aliphatic carbocycles. The molecule has 0 radical (unpaired) electrons. The predicted octanol–water partition coefficient (Wildman–Crippen LogP) is 3.56. The van der Waals surface area contributed by atoms with E-state index < -0.39 is 5.82 Å². The Bertz CT molecular complexity index is 1220. The van der Waals surface area contributed by atoms with E-state index in [0.717, 1.165) is 29.5 Å². The Morgan fingerprint density at radius 1 is 1.16 bits per heavy atom. The number of nitrogens with zero attached hydrogens (tertiary/aromatic N) is 5. The van der Waals surface area contributed by atoms with Crippen molar-refractivity contribution in [1.82, 2.24) is 30.2 Å². The van der Waals surface area contributed by atoms with Crippen LogP contribution in [0.15, 0.2) is 36.1 Å². The quantitative estimate of drug-likeness (QED) is 0.464. The van der Waals surface area contributed by atoms with Gasteiger partial charge in [-0.25, -0.2) is 24.3 Å².